The zero-order valence-corrected chi connectivity index (χ0v) is 9.06. The Hall–Kier alpha value is -1.76. The summed E-state index contributed by atoms with van der Waals surface area (Å²) >= 11 is 0. The van der Waals surface area contributed by atoms with Crippen molar-refractivity contribution in [1.82, 2.24) is 0 Å². The maximum absolute atomic E-state index is 10.0. The minimum absolute atomic E-state index is 0.381. The lowest BCUT2D eigenvalue weighted by atomic mass is 9.92. The van der Waals surface area contributed by atoms with E-state index in [1.54, 1.807) is 0 Å². The van der Waals surface area contributed by atoms with Crippen LogP contribution in [0.25, 0.3) is 10.8 Å². The van der Waals surface area contributed by atoms with Crippen LogP contribution in [0.4, 0.5) is 0 Å². The molecule has 0 aromatic heterocycles. The second kappa shape index (κ2) is 3.67. The first-order valence-corrected chi connectivity index (χ1v) is 5.73. The summed E-state index contributed by atoms with van der Waals surface area (Å²) in [5, 5.41) is 12.4. The molecule has 2 aromatic rings. The number of rotatable bonds is 1. The van der Waals surface area contributed by atoms with E-state index in [-0.39, 0.29) is 0 Å². The van der Waals surface area contributed by atoms with Crippen LogP contribution in [0.5, 0.6) is 5.75 Å². The van der Waals surface area contributed by atoms with Crippen molar-refractivity contribution in [2.75, 3.05) is 0 Å². The van der Waals surface area contributed by atoms with Gasteiger partial charge in [0.05, 0.1) is 0 Å². The minimum Gasteiger partial charge on any atom is -0.508 e. The van der Waals surface area contributed by atoms with E-state index in [0.717, 1.165) is 18.4 Å². The van der Waals surface area contributed by atoms with Gasteiger partial charge in [-0.3, -0.25) is 0 Å². The van der Waals surface area contributed by atoms with Crippen molar-refractivity contribution in [3.8, 4) is 5.75 Å². The molecule has 1 aliphatic rings. The van der Waals surface area contributed by atoms with Gasteiger partial charge in [-0.15, -0.1) is 0 Å². The SMILES string of the molecule is Oc1ccc2ccccc2c1C1C=CCC1. The molecule has 0 saturated heterocycles. The highest BCUT2D eigenvalue weighted by atomic mass is 16.3. The molecular weight excluding hydrogens is 196 g/mol. The zero-order chi connectivity index (χ0) is 11.0. The summed E-state index contributed by atoms with van der Waals surface area (Å²) < 4.78 is 0. The van der Waals surface area contributed by atoms with Crippen molar-refractivity contribution in [3.63, 3.8) is 0 Å². The van der Waals surface area contributed by atoms with Gasteiger partial charge >= 0.3 is 0 Å². The Labute approximate surface area is 95.0 Å². The van der Waals surface area contributed by atoms with E-state index in [4.69, 9.17) is 0 Å². The highest BCUT2D eigenvalue weighted by Crippen LogP contribution is 2.38. The smallest absolute Gasteiger partial charge is 0.120 e. The van der Waals surface area contributed by atoms with Crippen LogP contribution in [0, 0.1) is 0 Å². The van der Waals surface area contributed by atoms with Crippen LogP contribution in [0.2, 0.25) is 0 Å². The maximum Gasteiger partial charge on any atom is 0.120 e. The predicted molar refractivity (Wildman–Crippen MR) is 66.7 cm³/mol. The van der Waals surface area contributed by atoms with Crippen LogP contribution in [0.1, 0.15) is 24.3 Å². The Balaban J connectivity index is 2.27. The normalized spacial score (nSPS) is 19.4. The molecule has 3 rings (SSSR count). The minimum atomic E-state index is 0.381. The molecule has 2 aromatic carbocycles. The molecule has 1 aliphatic carbocycles. The molecule has 0 fully saturated rings. The summed E-state index contributed by atoms with van der Waals surface area (Å²) in [7, 11) is 0. The van der Waals surface area contributed by atoms with Crippen molar-refractivity contribution in [2.45, 2.75) is 18.8 Å². The molecule has 0 saturated carbocycles. The molecule has 1 heteroatoms. The number of hydrogen-bond acceptors (Lipinski definition) is 1. The van der Waals surface area contributed by atoms with E-state index in [0.29, 0.717) is 11.7 Å². The molecule has 0 aliphatic heterocycles. The van der Waals surface area contributed by atoms with Crippen LogP contribution < -0.4 is 0 Å². The number of hydrogen-bond donors (Lipinski definition) is 1. The number of fused-ring (bicyclic) bond motifs is 1. The summed E-state index contributed by atoms with van der Waals surface area (Å²) in [6.07, 6.45) is 6.64. The average molecular weight is 210 g/mol. The molecule has 1 nitrogen and oxygen atoms in total. The Morgan fingerprint density at radius 3 is 2.75 bits per heavy atom. The van der Waals surface area contributed by atoms with Crippen molar-refractivity contribution >= 4 is 10.8 Å². The molecule has 0 radical (unpaired) electrons. The van der Waals surface area contributed by atoms with Gasteiger partial charge < -0.3 is 5.11 Å². The molecular formula is C15H14O. The van der Waals surface area contributed by atoms with Crippen LogP contribution in [-0.4, -0.2) is 5.11 Å². The van der Waals surface area contributed by atoms with E-state index in [1.165, 1.54) is 10.8 Å². The molecule has 0 amide bonds. The Morgan fingerprint density at radius 1 is 1.06 bits per heavy atom. The van der Waals surface area contributed by atoms with Crippen LogP contribution in [-0.2, 0) is 0 Å². The quantitative estimate of drug-likeness (QED) is 0.706. The third-order valence-corrected chi connectivity index (χ3v) is 3.33. The molecule has 80 valence electrons. The number of phenols is 1. The van der Waals surface area contributed by atoms with Gasteiger partial charge in [-0.25, -0.2) is 0 Å². The van der Waals surface area contributed by atoms with E-state index < -0.39 is 0 Å². The highest BCUT2D eigenvalue weighted by molar-refractivity contribution is 5.88. The second-order valence-electron chi connectivity index (χ2n) is 4.33. The first kappa shape index (κ1) is 9.46. The second-order valence-corrected chi connectivity index (χ2v) is 4.33. The lowest BCUT2D eigenvalue weighted by Crippen LogP contribution is -1.93. The van der Waals surface area contributed by atoms with Gasteiger partial charge in [-0.2, -0.15) is 0 Å². The maximum atomic E-state index is 10.0. The monoisotopic (exact) mass is 210 g/mol. The first-order valence-electron chi connectivity index (χ1n) is 5.73. The zero-order valence-electron chi connectivity index (χ0n) is 9.06. The Morgan fingerprint density at radius 2 is 1.94 bits per heavy atom. The standard InChI is InChI=1S/C15H14O/c16-14-10-9-11-5-3-4-8-13(11)15(14)12-6-1-2-7-12/h1,3-6,8-10,12,16H,2,7H2. The molecule has 0 heterocycles. The van der Waals surface area contributed by atoms with Gasteiger partial charge in [0.1, 0.15) is 5.75 Å². The summed E-state index contributed by atoms with van der Waals surface area (Å²) in [5.74, 6) is 0.807. The molecule has 0 bridgehead atoms. The summed E-state index contributed by atoms with van der Waals surface area (Å²) in [6, 6.07) is 12.0. The molecule has 0 spiro atoms. The van der Waals surface area contributed by atoms with Gasteiger partial charge in [0, 0.05) is 11.5 Å². The number of benzene rings is 2. The predicted octanol–water partition coefficient (Wildman–Crippen LogP) is 3.98. The van der Waals surface area contributed by atoms with Gasteiger partial charge in [0.15, 0.2) is 0 Å². The molecule has 1 atom stereocenters. The van der Waals surface area contributed by atoms with Crippen molar-refractivity contribution in [1.29, 1.82) is 0 Å². The van der Waals surface area contributed by atoms with E-state index in [9.17, 15) is 5.11 Å². The van der Waals surface area contributed by atoms with E-state index in [1.807, 2.05) is 24.3 Å². The van der Waals surface area contributed by atoms with Crippen LogP contribution in [0.3, 0.4) is 0 Å². The lowest BCUT2D eigenvalue weighted by molar-refractivity contribution is 0.466. The number of aromatic hydroxyl groups is 1. The van der Waals surface area contributed by atoms with Gasteiger partial charge in [-0.1, -0.05) is 42.5 Å². The summed E-state index contributed by atoms with van der Waals surface area (Å²) in [6.45, 7) is 0. The van der Waals surface area contributed by atoms with Crippen molar-refractivity contribution in [2.24, 2.45) is 0 Å². The lowest BCUT2D eigenvalue weighted by Gasteiger charge is -2.13. The Bertz CT molecular complexity index is 554. The summed E-state index contributed by atoms with van der Waals surface area (Å²) in [5.41, 5.74) is 1.09. The summed E-state index contributed by atoms with van der Waals surface area (Å²) in [4.78, 5) is 0. The highest BCUT2D eigenvalue weighted by Gasteiger charge is 2.17. The van der Waals surface area contributed by atoms with E-state index >= 15 is 0 Å². The first-order chi connectivity index (χ1) is 7.86. The average Bonchev–Trinajstić information content (AvgIpc) is 2.82. The van der Waals surface area contributed by atoms with Gasteiger partial charge in [0.2, 0.25) is 0 Å². The van der Waals surface area contributed by atoms with Crippen molar-refractivity contribution in [3.05, 3.63) is 54.1 Å². The Kier molecular flexibility index (Phi) is 2.17. The topological polar surface area (TPSA) is 20.2 Å². The van der Waals surface area contributed by atoms with Gasteiger partial charge in [-0.05, 0) is 29.7 Å². The fourth-order valence-electron chi connectivity index (χ4n) is 2.55. The fourth-order valence-corrected chi connectivity index (χ4v) is 2.55. The van der Waals surface area contributed by atoms with Crippen molar-refractivity contribution < 1.29 is 5.11 Å². The number of phenolic OH excluding ortho intramolecular Hbond substituents is 1. The molecule has 16 heavy (non-hydrogen) atoms. The number of allylic oxidation sites excluding steroid dienone is 2. The molecule has 1 N–H and O–H groups in total. The van der Waals surface area contributed by atoms with Crippen LogP contribution >= 0.6 is 0 Å². The third kappa shape index (κ3) is 1.40. The van der Waals surface area contributed by atoms with Gasteiger partial charge in [0.25, 0.3) is 0 Å². The van der Waals surface area contributed by atoms with Crippen LogP contribution in [0.15, 0.2) is 48.6 Å². The van der Waals surface area contributed by atoms with E-state index in [2.05, 4.69) is 24.3 Å². The largest absolute Gasteiger partial charge is 0.508 e. The molecule has 1 unspecified atom stereocenters. The third-order valence-electron chi connectivity index (χ3n) is 3.33. The fraction of sp³-hybridized carbons (Fsp3) is 0.200.